The first-order valence-corrected chi connectivity index (χ1v) is 8.81. The van der Waals surface area contributed by atoms with E-state index in [0.29, 0.717) is 0 Å². The molecule has 1 aromatic rings. The SMILES string of the molecule is CC1CCCN(CCSc2ccc(Cl)cc2)C1.O=C(O)C(=O)O. The van der Waals surface area contributed by atoms with Crippen LogP contribution in [0.3, 0.4) is 0 Å². The van der Waals surface area contributed by atoms with Crippen molar-refractivity contribution in [2.45, 2.75) is 24.7 Å². The zero-order valence-corrected chi connectivity index (χ0v) is 14.6. The minimum atomic E-state index is -1.82. The highest BCUT2D eigenvalue weighted by atomic mass is 35.5. The van der Waals surface area contributed by atoms with Gasteiger partial charge in [-0.15, -0.1) is 11.8 Å². The van der Waals surface area contributed by atoms with Gasteiger partial charge in [-0.05, 0) is 49.6 Å². The summed E-state index contributed by atoms with van der Waals surface area (Å²) in [6.45, 7) is 6.13. The minimum Gasteiger partial charge on any atom is -0.473 e. The first kappa shape index (κ1) is 19.8. The van der Waals surface area contributed by atoms with Crippen molar-refractivity contribution in [1.82, 2.24) is 4.90 Å². The number of halogens is 1. The lowest BCUT2D eigenvalue weighted by Crippen LogP contribution is -2.35. The number of piperidine rings is 1. The van der Waals surface area contributed by atoms with Gasteiger partial charge < -0.3 is 15.1 Å². The van der Waals surface area contributed by atoms with Gasteiger partial charge in [-0.2, -0.15) is 0 Å². The number of carboxylic acids is 2. The average Bonchev–Trinajstić information content (AvgIpc) is 2.50. The van der Waals surface area contributed by atoms with Crippen LogP contribution < -0.4 is 0 Å². The van der Waals surface area contributed by atoms with E-state index in [1.165, 1.54) is 43.1 Å². The van der Waals surface area contributed by atoms with Crippen LogP contribution in [0.25, 0.3) is 0 Å². The van der Waals surface area contributed by atoms with Crippen molar-refractivity contribution in [1.29, 1.82) is 0 Å². The molecule has 1 unspecified atom stereocenters. The molecule has 1 aliphatic rings. The van der Waals surface area contributed by atoms with Crippen LogP contribution in [0.2, 0.25) is 5.02 Å². The molecule has 2 rings (SSSR count). The Labute approximate surface area is 145 Å². The maximum Gasteiger partial charge on any atom is 0.414 e. The fourth-order valence-electron chi connectivity index (χ4n) is 2.31. The summed E-state index contributed by atoms with van der Waals surface area (Å²) in [6.07, 6.45) is 2.77. The molecule has 0 aromatic heterocycles. The third-order valence-electron chi connectivity index (χ3n) is 3.41. The number of carbonyl (C=O) groups is 2. The van der Waals surface area contributed by atoms with E-state index in [2.05, 4.69) is 24.0 Å². The second-order valence-corrected chi connectivity index (χ2v) is 7.07. The third-order valence-corrected chi connectivity index (χ3v) is 4.66. The smallest absolute Gasteiger partial charge is 0.414 e. The molecule has 1 saturated heterocycles. The molecule has 0 spiro atoms. The predicted molar refractivity (Wildman–Crippen MR) is 92.3 cm³/mol. The summed E-state index contributed by atoms with van der Waals surface area (Å²) in [5.41, 5.74) is 0. The van der Waals surface area contributed by atoms with Gasteiger partial charge in [0.25, 0.3) is 0 Å². The summed E-state index contributed by atoms with van der Waals surface area (Å²) in [5, 5.41) is 15.6. The summed E-state index contributed by atoms with van der Waals surface area (Å²) < 4.78 is 0. The Kier molecular flexibility index (Phi) is 9.06. The zero-order chi connectivity index (χ0) is 17.2. The molecule has 0 saturated carbocycles. The molecule has 0 aliphatic carbocycles. The second-order valence-electron chi connectivity index (χ2n) is 5.46. The van der Waals surface area contributed by atoms with Crippen molar-refractivity contribution in [3.05, 3.63) is 29.3 Å². The molecule has 0 bridgehead atoms. The highest BCUT2D eigenvalue weighted by Gasteiger charge is 2.15. The number of likely N-dealkylation sites (tertiary alicyclic amines) is 1. The maximum atomic E-state index is 9.10. The Balaban J connectivity index is 0.000000379. The first-order chi connectivity index (χ1) is 10.9. The molecule has 5 nitrogen and oxygen atoms in total. The van der Waals surface area contributed by atoms with Crippen molar-refractivity contribution in [2.75, 3.05) is 25.4 Å². The third kappa shape index (κ3) is 8.83. The topological polar surface area (TPSA) is 77.8 Å². The van der Waals surface area contributed by atoms with E-state index < -0.39 is 11.9 Å². The van der Waals surface area contributed by atoms with E-state index >= 15 is 0 Å². The first-order valence-electron chi connectivity index (χ1n) is 7.45. The molecule has 2 N–H and O–H groups in total. The van der Waals surface area contributed by atoms with E-state index in [-0.39, 0.29) is 0 Å². The van der Waals surface area contributed by atoms with Crippen LogP contribution in [0.15, 0.2) is 29.2 Å². The van der Waals surface area contributed by atoms with Crippen molar-refractivity contribution >= 4 is 35.3 Å². The van der Waals surface area contributed by atoms with Gasteiger partial charge in [-0.25, -0.2) is 9.59 Å². The lowest BCUT2D eigenvalue weighted by Gasteiger charge is -2.30. The van der Waals surface area contributed by atoms with Crippen molar-refractivity contribution in [2.24, 2.45) is 5.92 Å². The maximum absolute atomic E-state index is 9.10. The Hall–Kier alpha value is -1.24. The normalized spacial score (nSPS) is 17.9. The lowest BCUT2D eigenvalue weighted by atomic mass is 10.0. The van der Waals surface area contributed by atoms with Crippen LogP contribution in [0, 0.1) is 5.92 Å². The van der Waals surface area contributed by atoms with Gasteiger partial charge in [-0.3, -0.25) is 0 Å². The van der Waals surface area contributed by atoms with E-state index in [0.717, 1.165) is 10.9 Å². The van der Waals surface area contributed by atoms with E-state index in [1.807, 2.05) is 23.9 Å². The average molecular weight is 360 g/mol. The highest BCUT2D eigenvalue weighted by molar-refractivity contribution is 7.99. The number of rotatable bonds is 4. The number of hydrogen-bond acceptors (Lipinski definition) is 4. The molecule has 0 radical (unpaired) electrons. The van der Waals surface area contributed by atoms with Gasteiger partial charge in [0.2, 0.25) is 0 Å². The Morgan fingerprint density at radius 3 is 2.39 bits per heavy atom. The van der Waals surface area contributed by atoms with Gasteiger partial charge in [0, 0.05) is 28.8 Å². The highest BCUT2D eigenvalue weighted by Crippen LogP contribution is 2.21. The van der Waals surface area contributed by atoms with E-state index in [1.54, 1.807) is 0 Å². The quantitative estimate of drug-likeness (QED) is 0.634. The van der Waals surface area contributed by atoms with Crippen molar-refractivity contribution in [3.8, 4) is 0 Å². The molecule has 1 atom stereocenters. The Bertz CT molecular complexity index is 497. The molecular weight excluding hydrogens is 338 g/mol. The molecule has 1 aliphatic heterocycles. The lowest BCUT2D eigenvalue weighted by molar-refractivity contribution is -0.159. The minimum absolute atomic E-state index is 0.819. The molecular formula is C16H22ClNO4S. The van der Waals surface area contributed by atoms with Crippen LogP contribution in [0.1, 0.15) is 19.8 Å². The molecule has 1 heterocycles. The molecule has 1 fully saturated rings. The summed E-state index contributed by atoms with van der Waals surface area (Å²) in [4.78, 5) is 22.1. The van der Waals surface area contributed by atoms with E-state index in [9.17, 15) is 0 Å². The summed E-state index contributed by atoms with van der Waals surface area (Å²) in [6, 6.07) is 8.14. The summed E-state index contributed by atoms with van der Waals surface area (Å²) >= 11 is 7.79. The van der Waals surface area contributed by atoms with Crippen molar-refractivity contribution in [3.63, 3.8) is 0 Å². The van der Waals surface area contributed by atoms with E-state index in [4.69, 9.17) is 31.4 Å². The van der Waals surface area contributed by atoms with Gasteiger partial charge in [-0.1, -0.05) is 18.5 Å². The van der Waals surface area contributed by atoms with Crippen molar-refractivity contribution < 1.29 is 19.8 Å². The largest absolute Gasteiger partial charge is 0.473 e. The fourth-order valence-corrected chi connectivity index (χ4v) is 3.35. The molecule has 128 valence electrons. The number of aliphatic carboxylic acids is 2. The molecule has 7 heteroatoms. The monoisotopic (exact) mass is 359 g/mol. The standard InChI is InChI=1S/C14H20ClNS.C2H2O4/c1-12-3-2-8-16(11-12)9-10-17-14-6-4-13(15)5-7-14;3-1(4)2(5)6/h4-7,12H,2-3,8-11H2,1H3;(H,3,4)(H,5,6). The summed E-state index contributed by atoms with van der Waals surface area (Å²) in [5.74, 6) is -1.59. The van der Waals surface area contributed by atoms with Gasteiger partial charge in [0.05, 0.1) is 0 Å². The van der Waals surface area contributed by atoms with Crippen LogP contribution in [-0.2, 0) is 9.59 Å². The van der Waals surface area contributed by atoms with Gasteiger partial charge >= 0.3 is 11.9 Å². The number of nitrogens with zero attached hydrogens (tertiary/aromatic N) is 1. The fraction of sp³-hybridized carbons (Fsp3) is 0.500. The van der Waals surface area contributed by atoms with Crippen LogP contribution in [0.4, 0.5) is 0 Å². The predicted octanol–water partition coefficient (Wildman–Crippen LogP) is 3.32. The van der Waals surface area contributed by atoms with Gasteiger partial charge in [0.15, 0.2) is 0 Å². The molecule has 23 heavy (non-hydrogen) atoms. The molecule has 1 aromatic carbocycles. The number of hydrogen-bond donors (Lipinski definition) is 2. The Morgan fingerprint density at radius 1 is 1.26 bits per heavy atom. The van der Waals surface area contributed by atoms with Gasteiger partial charge in [0.1, 0.15) is 0 Å². The summed E-state index contributed by atoms with van der Waals surface area (Å²) in [7, 11) is 0. The number of benzene rings is 1. The zero-order valence-electron chi connectivity index (χ0n) is 13.1. The van der Waals surface area contributed by atoms with Crippen LogP contribution >= 0.6 is 23.4 Å². The number of carboxylic acid groups (broad SMARTS) is 2. The second kappa shape index (κ2) is 10.5. The molecule has 0 amide bonds. The number of thioether (sulfide) groups is 1. The van der Waals surface area contributed by atoms with Crippen LogP contribution in [-0.4, -0.2) is 52.4 Å². The van der Waals surface area contributed by atoms with Crippen LogP contribution in [0.5, 0.6) is 0 Å². The Morgan fingerprint density at radius 2 is 1.87 bits per heavy atom.